The molecule has 0 radical (unpaired) electrons. The van der Waals surface area contributed by atoms with Crippen molar-refractivity contribution < 1.29 is 29.3 Å². The van der Waals surface area contributed by atoms with Gasteiger partial charge in [0.15, 0.2) is 0 Å². The molecule has 0 bridgehead atoms. The first kappa shape index (κ1) is 23.4. The van der Waals surface area contributed by atoms with E-state index in [-0.39, 0.29) is 25.1 Å². The molecule has 0 heterocycles. The molecule has 0 aliphatic rings. The van der Waals surface area contributed by atoms with Crippen molar-refractivity contribution in [2.45, 2.75) is 51.6 Å². The fourth-order valence-electron chi connectivity index (χ4n) is 2.66. The van der Waals surface area contributed by atoms with Crippen LogP contribution in [0.1, 0.15) is 54.8 Å². The van der Waals surface area contributed by atoms with Gasteiger partial charge in [0.25, 0.3) is 0 Å². The summed E-state index contributed by atoms with van der Waals surface area (Å²) in [4.78, 5) is 23.9. The predicted molar refractivity (Wildman–Crippen MR) is 112 cm³/mol. The van der Waals surface area contributed by atoms with Crippen LogP contribution >= 0.6 is 0 Å². The molecule has 7 nitrogen and oxygen atoms in total. The summed E-state index contributed by atoms with van der Waals surface area (Å²) in [5, 5.41) is 23.2. The Morgan fingerprint density at radius 1 is 1.03 bits per heavy atom. The van der Waals surface area contributed by atoms with E-state index in [4.69, 9.17) is 9.47 Å². The fraction of sp³-hybridized carbons (Fsp3) is 0.391. The number of hydrogen-bond donors (Lipinski definition) is 3. The minimum atomic E-state index is -1.21. The van der Waals surface area contributed by atoms with Crippen molar-refractivity contribution in [2.75, 3.05) is 6.54 Å². The molecule has 7 heteroatoms. The molecule has 162 valence electrons. The average molecular weight is 415 g/mol. The first-order valence-electron chi connectivity index (χ1n) is 9.80. The Morgan fingerprint density at radius 3 is 2.40 bits per heavy atom. The second-order valence-corrected chi connectivity index (χ2v) is 7.92. The Bertz CT molecular complexity index is 831. The number of carbonyl (C=O) groups excluding carboxylic acids is 2. The number of aliphatic hydroxyl groups is 2. The van der Waals surface area contributed by atoms with Gasteiger partial charge in [-0.1, -0.05) is 42.5 Å². The first-order valence-corrected chi connectivity index (χ1v) is 9.80. The Balaban J connectivity index is 1.81. The van der Waals surface area contributed by atoms with Gasteiger partial charge in [-0.3, -0.25) is 0 Å². The lowest BCUT2D eigenvalue weighted by Gasteiger charge is -2.21. The highest BCUT2D eigenvalue weighted by atomic mass is 16.6. The summed E-state index contributed by atoms with van der Waals surface area (Å²) in [5.41, 5.74) is 0.910. The quantitative estimate of drug-likeness (QED) is 0.571. The van der Waals surface area contributed by atoms with Crippen molar-refractivity contribution in [3.8, 4) is 0 Å². The Morgan fingerprint density at radius 2 is 1.73 bits per heavy atom. The number of hydrogen-bond acceptors (Lipinski definition) is 6. The number of ether oxygens (including phenoxy) is 2. The molecule has 0 aliphatic carbocycles. The summed E-state index contributed by atoms with van der Waals surface area (Å²) in [6.45, 7) is 5.58. The third-order valence-electron chi connectivity index (χ3n) is 4.15. The Hall–Kier alpha value is -2.90. The van der Waals surface area contributed by atoms with E-state index in [1.165, 1.54) is 6.07 Å². The highest BCUT2D eigenvalue weighted by Gasteiger charge is 2.22. The van der Waals surface area contributed by atoms with Crippen molar-refractivity contribution in [3.63, 3.8) is 0 Å². The average Bonchev–Trinajstić information content (AvgIpc) is 2.71. The molecule has 0 saturated carbocycles. The zero-order valence-corrected chi connectivity index (χ0v) is 17.5. The van der Waals surface area contributed by atoms with Crippen LogP contribution < -0.4 is 5.32 Å². The van der Waals surface area contributed by atoms with Crippen LogP contribution in [0, 0.1) is 0 Å². The molecule has 2 atom stereocenters. The van der Waals surface area contributed by atoms with E-state index in [0.717, 1.165) is 5.56 Å². The molecular formula is C23H29NO6. The predicted octanol–water partition coefficient (Wildman–Crippen LogP) is 3.35. The number of esters is 1. The molecule has 0 aliphatic heterocycles. The molecule has 0 spiro atoms. The van der Waals surface area contributed by atoms with E-state index >= 15 is 0 Å². The summed E-state index contributed by atoms with van der Waals surface area (Å²) in [5.74, 6) is -0.506. The zero-order chi connectivity index (χ0) is 22.1. The number of nitrogens with one attached hydrogen (secondary N) is 1. The molecule has 2 aromatic rings. The van der Waals surface area contributed by atoms with Crippen LogP contribution in [0.2, 0.25) is 0 Å². The van der Waals surface area contributed by atoms with E-state index in [0.29, 0.717) is 5.56 Å². The smallest absolute Gasteiger partial charge is 0.407 e. The molecule has 0 aromatic heterocycles. The second-order valence-electron chi connectivity index (χ2n) is 7.92. The molecular weight excluding hydrogens is 386 g/mol. The SMILES string of the molecule is CC(C)(C)OC(=O)c1cccc(C(O)C(O)CCNC(=O)OCc2ccccc2)c1. The van der Waals surface area contributed by atoms with Crippen LogP contribution in [0.25, 0.3) is 0 Å². The summed E-state index contributed by atoms with van der Waals surface area (Å²) in [6.07, 6.45) is -2.84. The minimum absolute atomic E-state index is 0.109. The molecule has 0 saturated heterocycles. The molecule has 30 heavy (non-hydrogen) atoms. The minimum Gasteiger partial charge on any atom is -0.456 e. The maximum Gasteiger partial charge on any atom is 0.407 e. The van der Waals surface area contributed by atoms with Gasteiger partial charge in [-0.15, -0.1) is 0 Å². The van der Waals surface area contributed by atoms with Crippen molar-refractivity contribution in [1.82, 2.24) is 5.32 Å². The number of amides is 1. The number of alkyl carbamates (subject to hydrolysis) is 1. The largest absolute Gasteiger partial charge is 0.456 e. The van der Waals surface area contributed by atoms with Crippen molar-refractivity contribution in [3.05, 3.63) is 71.3 Å². The normalized spacial score (nSPS) is 13.2. The first-order chi connectivity index (χ1) is 14.2. The van der Waals surface area contributed by atoms with Gasteiger partial charge in [0, 0.05) is 6.54 Å². The summed E-state index contributed by atoms with van der Waals surface area (Å²) in [7, 11) is 0. The monoisotopic (exact) mass is 415 g/mol. The topological polar surface area (TPSA) is 105 Å². The zero-order valence-electron chi connectivity index (χ0n) is 17.5. The van der Waals surface area contributed by atoms with Crippen LogP contribution in [-0.4, -0.2) is 40.5 Å². The van der Waals surface area contributed by atoms with Gasteiger partial charge in [0.2, 0.25) is 0 Å². The van der Waals surface area contributed by atoms with Crippen molar-refractivity contribution in [1.29, 1.82) is 0 Å². The van der Waals surface area contributed by atoms with Gasteiger partial charge < -0.3 is 25.0 Å². The number of rotatable bonds is 8. The molecule has 2 rings (SSSR count). The van der Waals surface area contributed by atoms with Gasteiger partial charge in [-0.25, -0.2) is 9.59 Å². The molecule has 3 N–H and O–H groups in total. The van der Waals surface area contributed by atoms with Gasteiger partial charge in [0.1, 0.15) is 18.3 Å². The lowest BCUT2D eigenvalue weighted by molar-refractivity contribution is 0.00627. The van der Waals surface area contributed by atoms with Crippen LogP contribution in [0.15, 0.2) is 54.6 Å². The maximum absolute atomic E-state index is 12.2. The van der Waals surface area contributed by atoms with E-state index in [1.54, 1.807) is 39.0 Å². The molecule has 1 amide bonds. The number of carbonyl (C=O) groups is 2. The lowest BCUT2D eigenvalue weighted by Crippen LogP contribution is -2.30. The summed E-state index contributed by atoms with van der Waals surface area (Å²) in [6, 6.07) is 15.6. The van der Waals surface area contributed by atoms with Gasteiger partial charge in [-0.05, 0) is 50.5 Å². The molecule has 0 fully saturated rings. The van der Waals surface area contributed by atoms with Gasteiger partial charge >= 0.3 is 12.1 Å². The maximum atomic E-state index is 12.2. The van der Waals surface area contributed by atoms with Crippen molar-refractivity contribution in [2.24, 2.45) is 0 Å². The summed E-state index contributed by atoms with van der Waals surface area (Å²) >= 11 is 0. The van der Waals surface area contributed by atoms with E-state index in [9.17, 15) is 19.8 Å². The third kappa shape index (κ3) is 7.85. The fourth-order valence-corrected chi connectivity index (χ4v) is 2.66. The lowest BCUT2D eigenvalue weighted by atomic mass is 10.00. The molecule has 2 unspecified atom stereocenters. The van der Waals surface area contributed by atoms with Crippen LogP contribution in [0.3, 0.4) is 0 Å². The second kappa shape index (κ2) is 10.8. The van der Waals surface area contributed by atoms with Gasteiger partial charge in [-0.2, -0.15) is 0 Å². The molecule has 2 aromatic carbocycles. The Labute approximate surface area is 176 Å². The summed E-state index contributed by atoms with van der Waals surface area (Å²) < 4.78 is 10.4. The van der Waals surface area contributed by atoms with Crippen molar-refractivity contribution >= 4 is 12.1 Å². The van der Waals surface area contributed by atoms with Crippen LogP contribution in [0.5, 0.6) is 0 Å². The van der Waals surface area contributed by atoms with Crippen LogP contribution in [0.4, 0.5) is 4.79 Å². The number of benzene rings is 2. The Kier molecular flexibility index (Phi) is 8.38. The number of aliphatic hydroxyl groups excluding tert-OH is 2. The highest BCUT2D eigenvalue weighted by molar-refractivity contribution is 5.89. The van der Waals surface area contributed by atoms with Crippen LogP contribution in [-0.2, 0) is 16.1 Å². The standard InChI is InChI=1S/C23H29NO6/c1-23(2,3)30-21(27)18-11-7-10-17(14-18)20(26)19(25)12-13-24-22(28)29-15-16-8-5-4-6-9-16/h4-11,14,19-20,25-26H,12-13,15H2,1-3H3,(H,24,28). The van der Waals surface area contributed by atoms with E-state index in [2.05, 4.69) is 5.32 Å². The van der Waals surface area contributed by atoms with E-state index < -0.39 is 29.9 Å². The highest BCUT2D eigenvalue weighted by Crippen LogP contribution is 2.21. The van der Waals surface area contributed by atoms with E-state index in [1.807, 2.05) is 30.3 Å². The van der Waals surface area contributed by atoms with Gasteiger partial charge in [0.05, 0.1) is 11.7 Å². The third-order valence-corrected chi connectivity index (χ3v) is 4.15.